The average molecular weight is 221 g/mol. The van der Waals surface area contributed by atoms with Crippen molar-refractivity contribution in [1.29, 1.82) is 0 Å². The van der Waals surface area contributed by atoms with Crippen LogP contribution in [0.2, 0.25) is 0 Å². The van der Waals surface area contributed by atoms with E-state index < -0.39 is 30.4 Å². The molecule has 0 aliphatic carbocycles. The summed E-state index contributed by atoms with van der Waals surface area (Å²) in [4.78, 5) is 12.5. The minimum atomic E-state index is -2.47. The maximum absolute atomic E-state index is 12.3. The first-order valence-electron chi connectivity index (χ1n) is 5.09. The van der Waals surface area contributed by atoms with Crippen LogP contribution in [0, 0.1) is 5.41 Å². The predicted molar refractivity (Wildman–Crippen MR) is 52.0 cm³/mol. The molecule has 1 rings (SSSR count). The van der Waals surface area contributed by atoms with Gasteiger partial charge in [-0.05, 0) is 24.8 Å². The number of rotatable bonds is 3. The molecule has 15 heavy (non-hydrogen) atoms. The SMILES string of the molecule is CC1(C)CCCN(CC(F)F)C1C(=O)O. The molecule has 0 aromatic carbocycles. The van der Waals surface area contributed by atoms with Crippen molar-refractivity contribution in [3.05, 3.63) is 0 Å². The maximum atomic E-state index is 12.3. The zero-order valence-electron chi connectivity index (χ0n) is 9.04. The van der Waals surface area contributed by atoms with E-state index in [0.717, 1.165) is 12.8 Å². The van der Waals surface area contributed by atoms with Gasteiger partial charge < -0.3 is 5.11 Å². The van der Waals surface area contributed by atoms with Crippen molar-refractivity contribution in [2.45, 2.75) is 39.2 Å². The Hall–Kier alpha value is -0.710. The van der Waals surface area contributed by atoms with Crippen LogP contribution < -0.4 is 0 Å². The first kappa shape index (κ1) is 12.4. The number of carbonyl (C=O) groups is 1. The van der Waals surface area contributed by atoms with Crippen LogP contribution in [0.5, 0.6) is 0 Å². The Morgan fingerprint density at radius 3 is 2.67 bits per heavy atom. The summed E-state index contributed by atoms with van der Waals surface area (Å²) >= 11 is 0. The molecular formula is C10H17F2NO2. The number of piperidine rings is 1. The van der Waals surface area contributed by atoms with Gasteiger partial charge in [-0.3, -0.25) is 9.69 Å². The molecule has 1 fully saturated rings. The fraction of sp³-hybridized carbons (Fsp3) is 0.900. The highest BCUT2D eigenvalue weighted by Gasteiger charge is 2.42. The van der Waals surface area contributed by atoms with Gasteiger partial charge in [0.25, 0.3) is 6.43 Å². The molecule has 0 aromatic heterocycles. The molecule has 3 nitrogen and oxygen atoms in total. The van der Waals surface area contributed by atoms with Crippen molar-refractivity contribution in [2.24, 2.45) is 5.41 Å². The Morgan fingerprint density at radius 2 is 2.20 bits per heavy atom. The lowest BCUT2D eigenvalue weighted by atomic mass is 9.76. The zero-order chi connectivity index (χ0) is 11.6. The summed E-state index contributed by atoms with van der Waals surface area (Å²) < 4.78 is 24.5. The van der Waals surface area contributed by atoms with E-state index in [2.05, 4.69) is 0 Å². The van der Waals surface area contributed by atoms with Crippen LogP contribution in [-0.4, -0.2) is 41.5 Å². The number of nitrogens with zero attached hydrogens (tertiary/aromatic N) is 1. The number of carboxylic acids is 1. The van der Waals surface area contributed by atoms with Gasteiger partial charge in [0, 0.05) is 0 Å². The van der Waals surface area contributed by atoms with E-state index in [1.807, 2.05) is 13.8 Å². The summed E-state index contributed by atoms with van der Waals surface area (Å²) in [5.74, 6) is -1.000. The smallest absolute Gasteiger partial charge is 0.321 e. The van der Waals surface area contributed by atoms with Crippen LogP contribution in [0.15, 0.2) is 0 Å². The minimum absolute atomic E-state index is 0.432. The largest absolute Gasteiger partial charge is 0.480 e. The Kier molecular flexibility index (Phi) is 3.65. The summed E-state index contributed by atoms with van der Waals surface area (Å²) in [6.45, 7) is 3.65. The van der Waals surface area contributed by atoms with Crippen molar-refractivity contribution < 1.29 is 18.7 Å². The van der Waals surface area contributed by atoms with Gasteiger partial charge in [0.05, 0.1) is 6.54 Å². The van der Waals surface area contributed by atoms with Crippen molar-refractivity contribution in [1.82, 2.24) is 4.90 Å². The number of halogens is 2. The summed E-state index contributed by atoms with van der Waals surface area (Å²) in [7, 11) is 0. The van der Waals surface area contributed by atoms with Crippen molar-refractivity contribution >= 4 is 5.97 Å². The third-order valence-corrected chi connectivity index (χ3v) is 2.98. The lowest BCUT2D eigenvalue weighted by Crippen LogP contribution is -2.55. The highest BCUT2D eigenvalue weighted by molar-refractivity contribution is 5.74. The van der Waals surface area contributed by atoms with Crippen molar-refractivity contribution in [3.8, 4) is 0 Å². The predicted octanol–water partition coefficient (Wildman–Crippen LogP) is 1.83. The molecule has 1 aliphatic heterocycles. The number of alkyl halides is 2. The van der Waals surface area contributed by atoms with Gasteiger partial charge in [-0.1, -0.05) is 13.8 Å². The molecule has 1 aliphatic rings. The molecular weight excluding hydrogens is 204 g/mol. The first-order chi connectivity index (χ1) is 6.84. The second-order valence-electron chi connectivity index (χ2n) is 4.72. The molecule has 1 unspecified atom stereocenters. The summed E-state index contributed by atoms with van der Waals surface area (Å²) in [5, 5.41) is 9.07. The van der Waals surface area contributed by atoms with Crippen LogP contribution in [0.1, 0.15) is 26.7 Å². The third-order valence-electron chi connectivity index (χ3n) is 2.98. The van der Waals surface area contributed by atoms with Crippen LogP contribution in [0.25, 0.3) is 0 Å². The third kappa shape index (κ3) is 2.87. The van der Waals surface area contributed by atoms with Gasteiger partial charge in [-0.25, -0.2) is 8.78 Å². The standard InChI is InChI=1S/C10H17F2NO2/c1-10(2)4-3-5-13(6-7(11)12)8(10)9(14)15/h7-8H,3-6H2,1-2H3,(H,14,15). The molecule has 1 N–H and O–H groups in total. The minimum Gasteiger partial charge on any atom is -0.480 e. The normalized spacial score (nSPS) is 26.9. The second-order valence-corrected chi connectivity index (χ2v) is 4.72. The van der Waals surface area contributed by atoms with E-state index in [1.54, 1.807) is 0 Å². The molecule has 0 saturated carbocycles. The Labute approximate surface area is 88.1 Å². The second kappa shape index (κ2) is 4.43. The topological polar surface area (TPSA) is 40.5 Å². The van der Waals surface area contributed by atoms with Gasteiger partial charge in [-0.15, -0.1) is 0 Å². The van der Waals surface area contributed by atoms with Crippen LogP contribution in [0.3, 0.4) is 0 Å². The van der Waals surface area contributed by atoms with Gasteiger partial charge in [0.15, 0.2) is 0 Å². The van der Waals surface area contributed by atoms with E-state index in [1.165, 1.54) is 4.90 Å². The number of likely N-dealkylation sites (tertiary alicyclic amines) is 1. The lowest BCUT2D eigenvalue weighted by molar-refractivity contribution is -0.151. The summed E-state index contributed by atoms with van der Waals surface area (Å²) in [5.41, 5.74) is -0.432. The number of aliphatic carboxylic acids is 1. The molecule has 0 aromatic rings. The molecule has 5 heteroatoms. The molecule has 0 radical (unpaired) electrons. The van der Waals surface area contributed by atoms with Gasteiger partial charge in [0.2, 0.25) is 0 Å². The fourth-order valence-corrected chi connectivity index (χ4v) is 2.36. The van der Waals surface area contributed by atoms with Crippen LogP contribution >= 0.6 is 0 Å². The van der Waals surface area contributed by atoms with Crippen molar-refractivity contribution in [3.63, 3.8) is 0 Å². The molecule has 88 valence electrons. The highest BCUT2D eigenvalue weighted by Crippen LogP contribution is 2.35. The fourth-order valence-electron chi connectivity index (χ4n) is 2.36. The first-order valence-corrected chi connectivity index (χ1v) is 5.09. The molecule has 1 heterocycles. The molecule has 0 amide bonds. The van der Waals surface area contributed by atoms with E-state index in [-0.39, 0.29) is 0 Å². The molecule has 1 atom stereocenters. The Bertz CT molecular complexity index is 244. The van der Waals surface area contributed by atoms with Crippen LogP contribution in [-0.2, 0) is 4.79 Å². The van der Waals surface area contributed by atoms with Crippen molar-refractivity contribution in [2.75, 3.05) is 13.1 Å². The molecule has 0 bridgehead atoms. The van der Waals surface area contributed by atoms with Gasteiger partial charge >= 0.3 is 5.97 Å². The lowest BCUT2D eigenvalue weighted by Gasteiger charge is -2.43. The summed E-state index contributed by atoms with van der Waals surface area (Å²) in [6.07, 6.45) is -0.923. The van der Waals surface area contributed by atoms with Crippen LogP contribution in [0.4, 0.5) is 8.78 Å². The van der Waals surface area contributed by atoms with E-state index in [4.69, 9.17) is 5.11 Å². The Balaban J connectivity index is 2.80. The maximum Gasteiger partial charge on any atom is 0.321 e. The number of carboxylic acid groups (broad SMARTS) is 1. The van der Waals surface area contributed by atoms with E-state index in [9.17, 15) is 13.6 Å². The number of hydrogen-bond donors (Lipinski definition) is 1. The van der Waals surface area contributed by atoms with Gasteiger partial charge in [-0.2, -0.15) is 0 Å². The molecule has 0 spiro atoms. The van der Waals surface area contributed by atoms with E-state index >= 15 is 0 Å². The number of hydrogen-bond acceptors (Lipinski definition) is 2. The average Bonchev–Trinajstić information content (AvgIpc) is 1.99. The zero-order valence-corrected chi connectivity index (χ0v) is 9.04. The Morgan fingerprint density at radius 1 is 1.60 bits per heavy atom. The summed E-state index contributed by atoms with van der Waals surface area (Å²) in [6, 6.07) is -0.791. The quantitative estimate of drug-likeness (QED) is 0.790. The van der Waals surface area contributed by atoms with Gasteiger partial charge in [0.1, 0.15) is 6.04 Å². The monoisotopic (exact) mass is 221 g/mol. The molecule has 1 saturated heterocycles. The highest BCUT2D eigenvalue weighted by atomic mass is 19.3. The van der Waals surface area contributed by atoms with E-state index in [0.29, 0.717) is 6.54 Å².